The van der Waals surface area contributed by atoms with E-state index in [1.807, 2.05) is 6.07 Å². The summed E-state index contributed by atoms with van der Waals surface area (Å²) in [7, 11) is 0. The van der Waals surface area contributed by atoms with Crippen LogP contribution in [-0.2, 0) is 9.59 Å². The van der Waals surface area contributed by atoms with Crippen LogP contribution in [0.3, 0.4) is 0 Å². The zero-order valence-electron chi connectivity index (χ0n) is 11.9. The molecule has 2 N–H and O–H groups in total. The number of fused-ring (bicyclic) bond motifs is 1. The van der Waals surface area contributed by atoms with Crippen LogP contribution in [0, 0.1) is 5.92 Å². The number of nitrogens with zero attached hydrogens (tertiary/aromatic N) is 1. The lowest BCUT2D eigenvalue weighted by molar-refractivity contribution is -0.143. The summed E-state index contributed by atoms with van der Waals surface area (Å²) in [6, 6.07) is 5.30. The van der Waals surface area contributed by atoms with E-state index in [4.69, 9.17) is 5.11 Å². The molecule has 2 heterocycles. The average molecular weight is 320 g/mol. The van der Waals surface area contributed by atoms with E-state index in [1.165, 1.54) is 11.8 Å². The lowest BCUT2D eigenvalue weighted by Gasteiger charge is -2.30. The average Bonchev–Trinajstić information content (AvgIpc) is 2.53. The van der Waals surface area contributed by atoms with Crippen molar-refractivity contribution in [3.8, 4) is 0 Å². The van der Waals surface area contributed by atoms with Gasteiger partial charge in [-0.25, -0.2) is 0 Å². The summed E-state index contributed by atoms with van der Waals surface area (Å²) in [6.45, 7) is 0.905. The van der Waals surface area contributed by atoms with Crippen LogP contribution in [-0.4, -0.2) is 46.6 Å². The van der Waals surface area contributed by atoms with Gasteiger partial charge in [0.05, 0.1) is 17.4 Å². The Balaban J connectivity index is 1.72. The van der Waals surface area contributed by atoms with Gasteiger partial charge in [0.1, 0.15) is 0 Å². The number of hydrogen-bond donors (Lipinski definition) is 2. The Morgan fingerprint density at radius 3 is 2.68 bits per heavy atom. The van der Waals surface area contributed by atoms with Gasteiger partial charge >= 0.3 is 5.97 Å². The first kappa shape index (κ1) is 14.9. The van der Waals surface area contributed by atoms with E-state index in [2.05, 4.69) is 5.32 Å². The number of carbonyl (C=O) groups is 3. The maximum atomic E-state index is 12.5. The van der Waals surface area contributed by atoms with E-state index in [9.17, 15) is 14.4 Å². The summed E-state index contributed by atoms with van der Waals surface area (Å²) in [5.41, 5.74) is 1.20. The highest BCUT2D eigenvalue weighted by molar-refractivity contribution is 8.00. The second-order valence-electron chi connectivity index (χ2n) is 5.45. The number of hydrogen-bond acceptors (Lipinski definition) is 4. The Kier molecular flexibility index (Phi) is 4.06. The number of anilines is 1. The SMILES string of the molecule is O=C1CSc2ccc(C(=O)N3CCC(C(=O)O)CC3)cc2N1. The highest BCUT2D eigenvalue weighted by Gasteiger charge is 2.28. The number of benzene rings is 1. The van der Waals surface area contributed by atoms with Gasteiger partial charge in [-0.2, -0.15) is 0 Å². The first-order valence-electron chi connectivity index (χ1n) is 7.13. The van der Waals surface area contributed by atoms with Crippen LogP contribution in [0.25, 0.3) is 0 Å². The van der Waals surface area contributed by atoms with Crippen molar-refractivity contribution in [1.82, 2.24) is 4.90 Å². The predicted molar refractivity (Wildman–Crippen MR) is 82.1 cm³/mol. The van der Waals surface area contributed by atoms with Crippen LogP contribution in [0.4, 0.5) is 5.69 Å². The molecule has 1 aromatic carbocycles. The van der Waals surface area contributed by atoms with Crippen molar-refractivity contribution in [2.24, 2.45) is 5.92 Å². The Morgan fingerprint density at radius 2 is 2.00 bits per heavy atom. The number of aliphatic carboxylic acids is 1. The predicted octanol–water partition coefficient (Wildman–Crippen LogP) is 1.67. The molecule has 116 valence electrons. The molecule has 0 atom stereocenters. The van der Waals surface area contributed by atoms with E-state index in [0.29, 0.717) is 42.9 Å². The molecule has 0 radical (unpaired) electrons. The molecule has 0 saturated carbocycles. The van der Waals surface area contributed by atoms with Crippen molar-refractivity contribution in [2.75, 3.05) is 24.2 Å². The monoisotopic (exact) mass is 320 g/mol. The van der Waals surface area contributed by atoms with Crippen LogP contribution in [0.2, 0.25) is 0 Å². The molecule has 0 aromatic heterocycles. The lowest BCUT2D eigenvalue weighted by atomic mass is 9.96. The highest BCUT2D eigenvalue weighted by Crippen LogP contribution is 2.32. The molecule has 3 rings (SSSR count). The number of nitrogens with one attached hydrogen (secondary N) is 1. The van der Waals surface area contributed by atoms with Crippen molar-refractivity contribution in [3.05, 3.63) is 23.8 Å². The van der Waals surface area contributed by atoms with Gasteiger partial charge in [-0.05, 0) is 31.0 Å². The molecule has 0 aliphatic carbocycles. The quantitative estimate of drug-likeness (QED) is 0.865. The zero-order valence-corrected chi connectivity index (χ0v) is 12.7. The summed E-state index contributed by atoms with van der Waals surface area (Å²) < 4.78 is 0. The molecule has 2 aliphatic rings. The van der Waals surface area contributed by atoms with Crippen molar-refractivity contribution < 1.29 is 19.5 Å². The van der Waals surface area contributed by atoms with Gasteiger partial charge in [0.25, 0.3) is 5.91 Å². The molecular formula is C15H16N2O4S. The van der Waals surface area contributed by atoms with Gasteiger partial charge in [-0.3, -0.25) is 14.4 Å². The molecular weight excluding hydrogens is 304 g/mol. The smallest absolute Gasteiger partial charge is 0.306 e. The fourth-order valence-corrected chi connectivity index (χ4v) is 3.52. The third kappa shape index (κ3) is 2.94. The summed E-state index contributed by atoms with van der Waals surface area (Å²) in [6.07, 6.45) is 0.969. The third-order valence-electron chi connectivity index (χ3n) is 3.99. The Morgan fingerprint density at radius 1 is 1.27 bits per heavy atom. The van der Waals surface area contributed by atoms with Crippen molar-refractivity contribution in [1.29, 1.82) is 0 Å². The van der Waals surface area contributed by atoms with E-state index < -0.39 is 5.97 Å². The van der Waals surface area contributed by atoms with Gasteiger partial charge in [0, 0.05) is 23.5 Å². The number of carboxylic acids is 1. The Labute approximate surface area is 131 Å². The summed E-state index contributed by atoms with van der Waals surface area (Å²) in [5, 5.41) is 11.8. The second-order valence-corrected chi connectivity index (χ2v) is 6.47. The molecule has 6 nitrogen and oxygen atoms in total. The van der Waals surface area contributed by atoms with Crippen LogP contribution >= 0.6 is 11.8 Å². The van der Waals surface area contributed by atoms with Gasteiger partial charge in [0.2, 0.25) is 5.91 Å². The first-order chi connectivity index (χ1) is 10.5. The Hall–Kier alpha value is -2.02. The molecule has 1 aromatic rings. The van der Waals surface area contributed by atoms with Crippen molar-refractivity contribution in [3.63, 3.8) is 0 Å². The molecule has 1 fully saturated rings. The normalized spacial score (nSPS) is 18.5. The topological polar surface area (TPSA) is 86.7 Å². The highest BCUT2D eigenvalue weighted by atomic mass is 32.2. The minimum absolute atomic E-state index is 0.0654. The standard InChI is InChI=1S/C15H16N2O4S/c18-13-8-22-12-2-1-10(7-11(12)16-13)14(19)17-5-3-9(4-6-17)15(20)21/h1-2,7,9H,3-6,8H2,(H,16,18)(H,20,21). The second kappa shape index (κ2) is 6.00. The van der Waals surface area contributed by atoms with Gasteiger partial charge < -0.3 is 15.3 Å². The Bertz CT molecular complexity index is 638. The number of likely N-dealkylation sites (tertiary alicyclic amines) is 1. The summed E-state index contributed by atoms with van der Waals surface area (Å²) >= 11 is 1.45. The molecule has 7 heteroatoms. The molecule has 0 spiro atoms. The molecule has 1 saturated heterocycles. The summed E-state index contributed by atoms with van der Waals surface area (Å²) in [5.74, 6) is -0.937. The van der Waals surface area contributed by atoms with E-state index in [-0.39, 0.29) is 17.7 Å². The van der Waals surface area contributed by atoms with Gasteiger partial charge in [-0.1, -0.05) is 0 Å². The lowest BCUT2D eigenvalue weighted by Crippen LogP contribution is -2.40. The zero-order chi connectivity index (χ0) is 15.7. The number of carbonyl (C=O) groups excluding carboxylic acids is 2. The minimum atomic E-state index is -0.791. The largest absolute Gasteiger partial charge is 0.481 e. The molecule has 2 aliphatic heterocycles. The minimum Gasteiger partial charge on any atom is -0.481 e. The number of amides is 2. The van der Waals surface area contributed by atoms with Crippen LogP contribution in [0.15, 0.2) is 23.1 Å². The fourth-order valence-electron chi connectivity index (χ4n) is 2.73. The molecule has 2 amide bonds. The summed E-state index contributed by atoms with van der Waals surface area (Å²) in [4.78, 5) is 37.5. The van der Waals surface area contributed by atoms with E-state index in [1.54, 1.807) is 17.0 Å². The third-order valence-corrected chi connectivity index (χ3v) is 5.06. The number of carboxylic acid groups (broad SMARTS) is 1. The van der Waals surface area contributed by atoms with Crippen LogP contribution in [0.5, 0.6) is 0 Å². The first-order valence-corrected chi connectivity index (χ1v) is 8.12. The van der Waals surface area contributed by atoms with Crippen LogP contribution < -0.4 is 5.32 Å². The molecule has 22 heavy (non-hydrogen) atoms. The van der Waals surface area contributed by atoms with Crippen LogP contribution in [0.1, 0.15) is 23.2 Å². The maximum absolute atomic E-state index is 12.5. The van der Waals surface area contributed by atoms with Crippen molar-refractivity contribution >= 4 is 35.2 Å². The number of thioether (sulfide) groups is 1. The number of piperidine rings is 1. The van der Waals surface area contributed by atoms with Gasteiger partial charge in [-0.15, -0.1) is 11.8 Å². The fraction of sp³-hybridized carbons (Fsp3) is 0.400. The van der Waals surface area contributed by atoms with Crippen molar-refractivity contribution in [2.45, 2.75) is 17.7 Å². The van der Waals surface area contributed by atoms with Gasteiger partial charge in [0.15, 0.2) is 0 Å². The van der Waals surface area contributed by atoms with E-state index >= 15 is 0 Å². The molecule has 0 bridgehead atoms. The van der Waals surface area contributed by atoms with E-state index in [0.717, 1.165) is 4.90 Å². The maximum Gasteiger partial charge on any atom is 0.306 e. The number of rotatable bonds is 2. The molecule has 0 unspecified atom stereocenters.